The summed E-state index contributed by atoms with van der Waals surface area (Å²) in [5.41, 5.74) is 0. The zero-order chi connectivity index (χ0) is 13.0. The number of nitrogens with zero attached hydrogens (tertiary/aromatic N) is 1. The second-order valence-corrected chi connectivity index (χ2v) is 5.98. The minimum Gasteiger partial charge on any atom is -0.345 e. The van der Waals surface area contributed by atoms with E-state index in [1.54, 1.807) is 6.26 Å². The van der Waals surface area contributed by atoms with Crippen LogP contribution in [0.15, 0.2) is 12.3 Å². The molecule has 1 aromatic heterocycles. The lowest BCUT2D eigenvalue weighted by molar-refractivity contribution is 0.492. The molecule has 2 nitrogen and oxygen atoms in total. The summed E-state index contributed by atoms with van der Waals surface area (Å²) in [5.74, 6) is 0. The van der Waals surface area contributed by atoms with Crippen molar-refractivity contribution in [1.29, 1.82) is 0 Å². The first-order valence-electron chi connectivity index (χ1n) is 6.20. The monoisotopic (exact) mass is 253 g/mol. The molecule has 0 aliphatic carbocycles. The third kappa shape index (κ3) is 3.09. The van der Waals surface area contributed by atoms with Gasteiger partial charge in [0.2, 0.25) is 0 Å². The van der Waals surface area contributed by atoms with E-state index in [0.717, 1.165) is 10.1 Å². The highest BCUT2D eigenvalue weighted by atomic mass is 32.2. The number of hydrogen-bond donors (Lipinski definition) is 0. The highest BCUT2D eigenvalue weighted by Crippen LogP contribution is 2.09. The Hall–Kier alpha value is -0.830. The SMILES string of the molecule is CC=c1c(=C(C)S(C)=O)ccn1C(C)CCC. The molecule has 0 bridgehead atoms. The molecule has 0 aromatic carbocycles. The van der Waals surface area contributed by atoms with Gasteiger partial charge < -0.3 is 4.57 Å². The fourth-order valence-electron chi connectivity index (χ4n) is 2.16. The highest BCUT2D eigenvalue weighted by Gasteiger charge is 2.06. The fourth-order valence-corrected chi connectivity index (χ4v) is 2.64. The Labute approximate surface area is 106 Å². The molecule has 0 spiro atoms. The van der Waals surface area contributed by atoms with E-state index >= 15 is 0 Å². The lowest BCUT2D eigenvalue weighted by Crippen LogP contribution is -2.32. The van der Waals surface area contributed by atoms with Gasteiger partial charge in [-0.3, -0.25) is 4.21 Å². The Morgan fingerprint density at radius 1 is 1.59 bits per heavy atom. The molecule has 0 amide bonds. The molecule has 3 heteroatoms. The maximum absolute atomic E-state index is 11.6. The van der Waals surface area contributed by atoms with Gasteiger partial charge >= 0.3 is 0 Å². The summed E-state index contributed by atoms with van der Waals surface area (Å²) in [6.45, 7) is 8.43. The van der Waals surface area contributed by atoms with E-state index in [-0.39, 0.29) is 0 Å². The van der Waals surface area contributed by atoms with E-state index in [1.165, 1.54) is 18.2 Å². The van der Waals surface area contributed by atoms with Crippen LogP contribution in [0.1, 0.15) is 46.6 Å². The molecule has 0 aliphatic rings. The van der Waals surface area contributed by atoms with Gasteiger partial charge in [0.05, 0.1) is 0 Å². The van der Waals surface area contributed by atoms with Gasteiger partial charge in [-0.1, -0.05) is 19.4 Å². The molecule has 2 atom stereocenters. The average molecular weight is 253 g/mol. The summed E-state index contributed by atoms with van der Waals surface area (Å²) in [6, 6.07) is 2.58. The van der Waals surface area contributed by atoms with Crippen molar-refractivity contribution in [2.75, 3.05) is 6.26 Å². The average Bonchev–Trinajstić information content (AvgIpc) is 2.71. The predicted molar refractivity (Wildman–Crippen MR) is 76.6 cm³/mol. The molecular formula is C14H23NOS. The summed E-state index contributed by atoms with van der Waals surface area (Å²) in [5, 5.41) is 2.31. The van der Waals surface area contributed by atoms with Crippen LogP contribution in [0.2, 0.25) is 0 Å². The maximum Gasteiger partial charge on any atom is 0.0460 e. The highest BCUT2D eigenvalue weighted by molar-refractivity contribution is 7.93. The van der Waals surface area contributed by atoms with Crippen LogP contribution in [-0.4, -0.2) is 15.0 Å². The summed E-state index contributed by atoms with van der Waals surface area (Å²) >= 11 is 0. The van der Waals surface area contributed by atoms with Crippen LogP contribution in [-0.2, 0) is 10.8 Å². The second kappa shape index (κ2) is 6.20. The minimum absolute atomic E-state index is 0.498. The van der Waals surface area contributed by atoms with Crippen molar-refractivity contribution in [2.24, 2.45) is 0 Å². The van der Waals surface area contributed by atoms with Gasteiger partial charge in [0, 0.05) is 44.8 Å². The summed E-state index contributed by atoms with van der Waals surface area (Å²) in [7, 11) is -0.893. The largest absolute Gasteiger partial charge is 0.345 e. The minimum atomic E-state index is -0.893. The first-order valence-corrected chi connectivity index (χ1v) is 7.76. The standard InChI is InChI=1S/C14H23NOS/c1-6-8-11(3)15-10-9-13(14(15)7-2)12(4)17(5)16/h7,9-11H,6,8H2,1-5H3. The molecule has 0 N–H and O–H groups in total. The lowest BCUT2D eigenvalue weighted by Gasteiger charge is -2.13. The Morgan fingerprint density at radius 3 is 2.71 bits per heavy atom. The number of aromatic nitrogens is 1. The molecule has 1 heterocycles. The van der Waals surface area contributed by atoms with E-state index in [2.05, 4.69) is 36.8 Å². The van der Waals surface area contributed by atoms with Crippen LogP contribution in [0.25, 0.3) is 11.0 Å². The molecule has 1 aromatic rings. The Kier molecular flexibility index (Phi) is 5.19. The van der Waals surface area contributed by atoms with E-state index < -0.39 is 10.8 Å². The number of hydrogen-bond acceptors (Lipinski definition) is 1. The van der Waals surface area contributed by atoms with Gasteiger partial charge in [-0.15, -0.1) is 0 Å². The molecule has 17 heavy (non-hydrogen) atoms. The maximum atomic E-state index is 11.6. The third-order valence-corrected chi connectivity index (χ3v) is 4.30. The summed E-state index contributed by atoms with van der Waals surface area (Å²) < 4.78 is 13.9. The van der Waals surface area contributed by atoms with Crippen molar-refractivity contribution in [2.45, 2.75) is 46.6 Å². The Balaban J connectivity index is 3.42. The van der Waals surface area contributed by atoms with Crippen LogP contribution in [0.3, 0.4) is 0 Å². The van der Waals surface area contributed by atoms with Gasteiger partial charge in [-0.2, -0.15) is 0 Å². The van der Waals surface area contributed by atoms with Crippen molar-refractivity contribution in [1.82, 2.24) is 4.57 Å². The molecule has 2 unspecified atom stereocenters. The van der Waals surface area contributed by atoms with Crippen LogP contribution in [0.5, 0.6) is 0 Å². The van der Waals surface area contributed by atoms with Crippen LogP contribution < -0.4 is 10.6 Å². The Bertz CT molecular complexity index is 513. The molecule has 1 rings (SSSR count). The van der Waals surface area contributed by atoms with Crippen molar-refractivity contribution >= 4 is 21.8 Å². The molecule has 0 aliphatic heterocycles. The second-order valence-electron chi connectivity index (χ2n) is 4.46. The van der Waals surface area contributed by atoms with Crippen molar-refractivity contribution in [3.05, 3.63) is 22.8 Å². The van der Waals surface area contributed by atoms with Crippen LogP contribution >= 0.6 is 0 Å². The predicted octanol–water partition coefficient (Wildman–Crippen LogP) is 2.16. The topological polar surface area (TPSA) is 22.0 Å². The molecule has 0 saturated carbocycles. The summed E-state index contributed by atoms with van der Waals surface area (Å²) in [6.07, 6.45) is 8.31. The van der Waals surface area contributed by atoms with Crippen molar-refractivity contribution in [3.63, 3.8) is 0 Å². The van der Waals surface area contributed by atoms with Crippen molar-refractivity contribution in [3.8, 4) is 0 Å². The lowest BCUT2D eigenvalue weighted by atomic mass is 10.2. The van der Waals surface area contributed by atoms with E-state index in [1.807, 2.05) is 13.8 Å². The molecule has 0 radical (unpaired) electrons. The molecule has 0 saturated heterocycles. The van der Waals surface area contributed by atoms with Gasteiger partial charge in [-0.05, 0) is 33.3 Å². The van der Waals surface area contributed by atoms with E-state index in [0.29, 0.717) is 6.04 Å². The summed E-state index contributed by atoms with van der Waals surface area (Å²) in [4.78, 5) is 0.959. The smallest absolute Gasteiger partial charge is 0.0460 e. The normalized spacial score (nSPS) is 18.1. The van der Waals surface area contributed by atoms with E-state index in [4.69, 9.17) is 0 Å². The van der Waals surface area contributed by atoms with Gasteiger partial charge in [0.1, 0.15) is 0 Å². The van der Waals surface area contributed by atoms with Gasteiger partial charge in [-0.25, -0.2) is 0 Å². The first kappa shape index (κ1) is 14.2. The first-order chi connectivity index (χ1) is 8.02. The fraction of sp³-hybridized carbons (Fsp3) is 0.571. The molecule has 0 fully saturated rings. The van der Waals surface area contributed by atoms with E-state index in [9.17, 15) is 4.21 Å². The van der Waals surface area contributed by atoms with Crippen LogP contribution in [0.4, 0.5) is 0 Å². The van der Waals surface area contributed by atoms with Crippen molar-refractivity contribution < 1.29 is 4.21 Å². The third-order valence-electron chi connectivity index (χ3n) is 3.22. The number of rotatable bonds is 4. The van der Waals surface area contributed by atoms with Crippen LogP contribution in [0, 0.1) is 0 Å². The quantitative estimate of drug-likeness (QED) is 0.806. The van der Waals surface area contributed by atoms with Gasteiger partial charge in [0.25, 0.3) is 0 Å². The molecule has 96 valence electrons. The van der Waals surface area contributed by atoms with Gasteiger partial charge in [0.15, 0.2) is 0 Å². The zero-order valence-corrected chi connectivity index (χ0v) is 12.3. The zero-order valence-electron chi connectivity index (χ0n) is 11.5. The molecular weight excluding hydrogens is 230 g/mol. The Morgan fingerprint density at radius 2 is 2.24 bits per heavy atom.